The molecule has 3 aliphatic rings. The second-order valence-corrected chi connectivity index (χ2v) is 19.0. The Balaban J connectivity index is 1.46. The number of nitrogens with one attached hydrogen (secondary N) is 1. The Hall–Kier alpha value is -1.73. The molecule has 1 amide bonds. The molecule has 19 nitrogen and oxygen atoms in total. The van der Waals surface area contributed by atoms with Crippen LogP contribution in [-0.4, -0.2) is 193 Å². The number of rotatable bonds is 36. The molecule has 0 saturated carbocycles. The summed E-state index contributed by atoms with van der Waals surface area (Å²) in [5, 5.41) is 119. The van der Waals surface area contributed by atoms with Crippen LogP contribution in [0.15, 0.2) is 24.3 Å². The fourth-order valence-corrected chi connectivity index (χ4v) is 8.83. The van der Waals surface area contributed by atoms with Crippen molar-refractivity contribution >= 4 is 5.91 Å². The Bertz CT molecular complexity index is 1380. The molecular formula is C50H91NO18. The number of hydrogen-bond donors (Lipinski definition) is 12. The topological polar surface area (TPSA) is 307 Å². The highest BCUT2D eigenvalue weighted by molar-refractivity contribution is 5.76. The standard InChI is InChI=1S/C50H91NO18/c1-3-5-7-9-10-11-12-13-14-15-16-17-18-19-20-21-22-24-26-28-38(56)51-33(34(55)27-25-23-8-6-4-2)32-64-48-44(62)41(59)46(36(30-53)66-48)69-50-45(63)42(60)47(37(31-54)67-50)68-49-43(61)40(58)39(57)35(29-52)65-49/h13-14,25,27,33-37,39-50,52-55,57-63H,3-12,15-24,26,28-32H2,1-2H3,(H,51,56)/b14-13-,27-25+. The van der Waals surface area contributed by atoms with Gasteiger partial charge in [-0.2, -0.15) is 0 Å². The Kier molecular flexibility index (Phi) is 31.6. The largest absolute Gasteiger partial charge is 0.394 e. The summed E-state index contributed by atoms with van der Waals surface area (Å²) in [4.78, 5) is 13.1. The van der Waals surface area contributed by atoms with Crippen LogP contribution in [0.3, 0.4) is 0 Å². The maximum absolute atomic E-state index is 13.1. The molecule has 0 aromatic carbocycles. The zero-order chi connectivity index (χ0) is 50.6. The van der Waals surface area contributed by atoms with Crippen LogP contribution in [0.1, 0.15) is 155 Å². The summed E-state index contributed by atoms with van der Waals surface area (Å²) in [6.45, 7) is 1.56. The smallest absolute Gasteiger partial charge is 0.220 e. The minimum atomic E-state index is -1.97. The average molecular weight is 994 g/mol. The number of aliphatic hydroxyl groups excluding tert-OH is 11. The number of amides is 1. The van der Waals surface area contributed by atoms with Crippen LogP contribution in [-0.2, 0) is 33.2 Å². The molecule has 17 atom stereocenters. The van der Waals surface area contributed by atoms with Crippen molar-refractivity contribution in [1.82, 2.24) is 5.32 Å². The third kappa shape index (κ3) is 21.3. The van der Waals surface area contributed by atoms with E-state index in [9.17, 15) is 61.0 Å². The monoisotopic (exact) mass is 994 g/mol. The Morgan fingerprint density at radius 1 is 0.507 bits per heavy atom. The van der Waals surface area contributed by atoms with Crippen LogP contribution in [0, 0.1) is 0 Å². The Labute approximate surface area is 409 Å². The number of carbonyl (C=O) groups excluding carboxylic acids is 1. The molecule has 69 heavy (non-hydrogen) atoms. The van der Waals surface area contributed by atoms with Gasteiger partial charge in [0.15, 0.2) is 18.9 Å². The minimum absolute atomic E-state index is 0.240. The first-order chi connectivity index (χ1) is 33.3. The van der Waals surface area contributed by atoms with Crippen LogP contribution in [0.2, 0.25) is 0 Å². The van der Waals surface area contributed by atoms with Crippen molar-refractivity contribution in [2.45, 2.75) is 259 Å². The lowest BCUT2D eigenvalue weighted by molar-refractivity contribution is -0.379. The van der Waals surface area contributed by atoms with Gasteiger partial charge < -0.3 is 89.9 Å². The van der Waals surface area contributed by atoms with E-state index in [1.54, 1.807) is 6.08 Å². The molecule has 0 aromatic heterocycles. The third-order valence-corrected chi connectivity index (χ3v) is 13.2. The second-order valence-electron chi connectivity index (χ2n) is 19.0. The lowest BCUT2D eigenvalue weighted by Gasteiger charge is -2.48. The number of hydrogen-bond acceptors (Lipinski definition) is 18. The molecule has 0 aromatic rings. The maximum atomic E-state index is 13.1. The normalized spacial score (nSPS) is 33.0. The van der Waals surface area contributed by atoms with Crippen LogP contribution in [0.4, 0.5) is 0 Å². The quantitative estimate of drug-likeness (QED) is 0.0316. The van der Waals surface area contributed by atoms with Crippen molar-refractivity contribution in [3.8, 4) is 0 Å². The summed E-state index contributed by atoms with van der Waals surface area (Å²) in [5.74, 6) is -0.287. The van der Waals surface area contributed by atoms with Gasteiger partial charge in [0.1, 0.15) is 73.2 Å². The number of unbranched alkanes of at least 4 members (excludes halogenated alkanes) is 18. The molecule has 3 fully saturated rings. The highest BCUT2D eigenvalue weighted by Gasteiger charge is 2.53. The van der Waals surface area contributed by atoms with Crippen molar-refractivity contribution in [2.75, 3.05) is 26.4 Å². The fraction of sp³-hybridized carbons (Fsp3) is 0.900. The summed E-state index contributed by atoms with van der Waals surface area (Å²) in [7, 11) is 0. The molecule has 0 radical (unpaired) electrons. The van der Waals surface area contributed by atoms with Crippen LogP contribution < -0.4 is 5.32 Å². The SMILES string of the molecule is CCCCC/C=C/C(O)C(COC1OC(CO)C(OC2OC(CO)C(OC3OC(CO)C(O)C(O)C3O)C(O)C2O)C(O)C1O)NC(=O)CCCCCCCCCCC/C=C\CCCCCCCC. The van der Waals surface area contributed by atoms with Gasteiger partial charge in [-0.25, -0.2) is 0 Å². The number of ether oxygens (including phenoxy) is 6. The van der Waals surface area contributed by atoms with E-state index < -0.39 is 124 Å². The minimum Gasteiger partial charge on any atom is -0.394 e. The van der Waals surface area contributed by atoms with E-state index in [2.05, 4.69) is 31.3 Å². The molecule has 0 spiro atoms. The molecule has 404 valence electrons. The molecule has 0 bridgehead atoms. The van der Waals surface area contributed by atoms with Gasteiger partial charge >= 0.3 is 0 Å². The van der Waals surface area contributed by atoms with Gasteiger partial charge in [-0.1, -0.05) is 128 Å². The van der Waals surface area contributed by atoms with Crippen LogP contribution in [0.25, 0.3) is 0 Å². The van der Waals surface area contributed by atoms with E-state index in [0.717, 1.165) is 51.4 Å². The van der Waals surface area contributed by atoms with Gasteiger partial charge in [0.25, 0.3) is 0 Å². The van der Waals surface area contributed by atoms with E-state index in [0.29, 0.717) is 6.42 Å². The molecule has 3 saturated heterocycles. The molecule has 12 N–H and O–H groups in total. The third-order valence-electron chi connectivity index (χ3n) is 13.2. The van der Waals surface area contributed by atoms with Gasteiger partial charge in [-0.05, 0) is 44.9 Å². The van der Waals surface area contributed by atoms with Crippen LogP contribution >= 0.6 is 0 Å². The van der Waals surface area contributed by atoms with Crippen molar-refractivity contribution in [1.29, 1.82) is 0 Å². The zero-order valence-electron chi connectivity index (χ0n) is 41.3. The van der Waals surface area contributed by atoms with Gasteiger partial charge in [-0.15, -0.1) is 0 Å². The van der Waals surface area contributed by atoms with Gasteiger partial charge in [0.05, 0.1) is 38.6 Å². The highest BCUT2D eigenvalue weighted by atomic mass is 16.8. The molecule has 3 heterocycles. The Morgan fingerprint density at radius 3 is 1.43 bits per heavy atom. The van der Waals surface area contributed by atoms with Crippen LogP contribution in [0.5, 0.6) is 0 Å². The molecule has 19 heteroatoms. The summed E-state index contributed by atoms with van der Waals surface area (Å²) in [5.41, 5.74) is 0. The van der Waals surface area contributed by atoms with E-state index >= 15 is 0 Å². The van der Waals surface area contributed by atoms with Crippen molar-refractivity contribution < 1.29 is 89.4 Å². The summed E-state index contributed by atoms with van der Waals surface area (Å²) < 4.78 is 34.0. The summed E-state index contributed by atoms with van der Waals surface area (Å²) in [6.07, 6.45) is 5.36. The number of allylic oxidation sites excluding steroid dienone is 3. The number of carbonyl (C=O) groups is 1. The molecule has 3 aliphatic heterocycles. The summed E-state index contributed by atoms with van der Waals surface area (Å²) >= 11 is 0. The first kappa shape index (κ1) is 61.6. The highest BCUT2D eigenvalue weighted by Crippen LogP contribution is 2.33. The fourth-order valence-electron chi connectivity index (χ4n) is 8.83. The molecular weight excluding hydrogens is 903 g/mol. The lowest BCUT2D eigenvalue weighted by atomic mass is 9.96. The molecule has 0 aliphatic carbocycles. The van der Waals surface area contributed by atoms with E-state index in [1.807, 2.05) is 6.08 Å². The van der Waals surface area contributed by atoms with Crippen molar-refractivity contribution in [2.24, 2.45) is 0 Å². The van der Waals surface area contributed by atoms with E-state index in [1.165, 1.54) is 77.0 Å². The van der Waals surface area contributed by atoms with Crippen molar-refractivity contribution in [3.05, 3.63) is 24.3 Å². The predicted octanol–water partition coefficient (Wildman–Crippen LogP) is 2.03. The number of aliphatic hydroxyl groups is 11. The van der Waals surface area contributed by atoms with E-state index in [-0.39, 0.29) is 18.9 Å². The van der Waals surface area contributed by atoms with Crippen molar-refractivity contribution in [3.63, 3.8) is 0 Å². The van der Waals surface area contributed by atoms with Gasteiger partial charge in [0, 0.05) is 6.42 Å². The maximum Gasteiger partial charge on any atom is 0.220 e. The molecule has 17 unspecified atom stereocenters. The lowest BCUT2D eigenvalue weighted by Crippen LogP contribution is -2.66. The zero-order valence-corrected chi connectivity index (χ0v) is 41.3. The average Bonchev–Trinajstić information content (AvgIpc) is 3.34. The van der Waals surface area contributed by atoms with Gasteiger partial charge in [-0.3, -0.25) is 4.79 Å². The molecule has 3 rings (SSSR count). The first-order valence-electron chi connectivity index (χ1n) is 26.1. The first-order valence-corrected chi connectivity index (χ1v) is 26.1. The summed E-state index contributed by atoms with van der Waals surface area (Å²) in [6, 6.07) is -0.967. The Morgan fingerprint density at radius 2 is 0.913 bits per heavy atom. The second kappa shape index (κ2) is 35.4. The van der Waals surface area contributed by atoms with Gasteiger partial charge in [0.2, 0.25) is 5.91 Å². The van der Waals surface area contributed by atoms with E-state index in [4.69, 9.17) is 28.4 Å². The predicted molar refractivity (Wildman–Crippen MR) is 254 cm³/mol.